The number of carboxylic acids is 1. The van der Waals surface area contributed by atoms with Crippen LogP contribution >= 0.6 is 0 Å². The van der Waals surface area contributed by atoms with Crippen LogP contribution in [0.1, 0.15) is 30.9 Å². The summed E-state index contributed by atoms with van der Waals surface area (Å²) in [7, 11) is 0. The molecule has 0 aliphatic rings. The highest BCUT2D eigenvalue weighted by atomic mass is 16.4. The Labute approximate surface area is 113 Å². The van der Waals surface area contributed by atoms with Gasteiger partial charge in [0.2, 0.25) is 0 Å². The average Bonchev–Trinajstić information content (AvgIpc) is 2.33. The highest BCUT2D eigenvalue weighted by Gasteiger charge is 2.19. The van der Waals surface area contributed by atoms with Crippen LogP contribution in [0.3, 0.4) is 0 Å². The van der Waals surface area contributed by atoms with Crippen molar-refractivity contribution in [3.05, 3.63) is 29.3 Å². The molecule has 0 saturated carbocycles. The third-order valence-corrected chi connectivity index (χ3v) is 2.90. The first-order valence-corrected chi connectivity index (χ1v) is 6.32. The Morgan fingerprint density at radius 3 is 2.32 bits per heavy atom. The molecule has 0 bridgehead atoms. The molecule has 3 N–H and O–H groups in total. The molecule has 2 amide bonds. The third-order valence-electron chi connectivity index (χ3n) is 2.90. The summed E-state index contributed by atoms with van der Waals surface area (Å²) in [5.74, 6) is -1.02. The van der Waals surface area contributed by atoms with Crippen LogP contribution in [0.15, 0.2) is 18.2 Å². The van der Waals surface area contributed by atoms with Crippen LogP contribution in [-0.2, 0) is 4.79 Å². The van der Waals surface area contributed by atoms with Crippen molar-refractivity contribution in [3.8, 4) is 0 Å². The number of aliphatic carboxylic acids is 1. The van der Waals surface area contributed by atoms with Gasteiger partial charge in [-0.05, 0) is 31.4 Å². The molecule has 19 heavy (non-hydrogen) atoms. The maximum atomic E-state index is 11.8. The van der Waals surface area contributed by atoms with E-state index in [1.807, 2.05) is 39.0 Å². The van der Waals surface area contributed by atoms with Crippen LogP contribution in [0.4, 0.5) is 10.5 Å². The molecule has 0 unspecified atom stereocenters. The van der Waals surface area contributed by atoms with Gasteiger partial charge in [0.05, 0.1) is 0 Å². The second kappa shape index (κ2) is 6.78. The predicted molar refractivity (Wildman–Crippen MR) is 74.4 cm³/mol. The molecule has 1 rings (SSSR count). The van der Waals surface area contributed by atoms with Crippen molar-refractivity contribution in [1.29, 1.82) is 0 Å². The summed E-state index contributed by atoms with van der Waals surface area (Å²) in [6, 6.07) is 4.35. The quantitative estimate of drug-likeness (QED) is 0.765. The molecular formula is C14H20N2O3. The van der Waals surface area contributed by atoms with E-state index in [9.17, 15) is 9.59 Å². The number of benzene rings is 1. The molecule has 0 spiro atoms. The molecule has 0 fully saturated rings. The number of hydrogen-bond donors (Lipinski definition) is 3. The lowest BCUT2D eigenvalue weighted by Crippen LogP contribution is -2.43. The Kier molecular flexibility index (Phi) is 5.36. The molecule has 5 heteroatoms. The van der Waals surface area contributed by atoms with Gasteiger partial charge in [-0.2, -0.15) is 0 Å². The minimum absolute atomic E-state index is 0.412. The van der Waals surface area contributed by atoms with E-state index in [2.05, 4.69) is 10.6 Å². The summed E-state index contributed by atoms with van der Waals surface area (Å²) in [5.41, 5.74) is 2.61. The van der Waals surface area contributed by atoms with E-state index >= 15 is 0 Å². The zero-order valence-electron chi connectivity index (χ0n) is 11.5. The van der Waals surface area contributed by atoms with Crippen molar-refractivity contribution < 1.29 is 14.7 Å². The van der Waals surface area contributed by atoms with Gasteiger partial charge >= 0.3 is 12.0 Å². The van der Waals surface area contributed by atoms with Crippen molar-refractivity contribution in [3.63, 3.8) is 0 Å². The third kappa shape index (κ3) is 4.28. The lowest BCUT2D eigenvalue weighted by Gasteiger charge is -2.16. The number of para-hydroxylation sites is 1. The number of aryl methyl sites for hydroxylation is 2. The van der Waals surface area contributed by atoms with Gasteiger partial charge in [-0.15, -0.1) is 0 Å². The number of nitrogens with one attached hydrogen (secondary N) is 2. The monoisotopic (exact) mass is 264 g/mol. The molecule has 1 atom stereocenters. The molecule has 0 radical (unpaired) electrons. The molecule has 0 heterocycles. The van der Waals surface area contributed by atoms with Crippen LogP contribution in [0, 0.1) is 13.8 Å². The molecule has 1 aromatic rings. The zero-order chi connectivity index (χ0) is 14.4. The SMILES string of the molecule is CCC[C@@H](NC(=O)Nc1c(C)cccc1C)C(=O)O. The van der Waals surface area contributed by atoms with Gasteiger partial charge in [0.1, 0.15) is 6.04 Å². The summed E-state index contributed by atoms with van der Waals surface area (Å²) in [6.45, 7) is 5.66. The number of hydrogen-bond acceptors (Lipinski definition) is 2. The van der Waals surface area contributed by atoms with Gasteiger partial charge in [0.25, 0.3) is 0 Å². The van der Waals surface area contributed by atoms with E-state index < -0.39 is 18.0 Å². The normalized spacial score (nSPS) is 11.7. The van der Waals surface area contributed by atoms with E-state index in [0.29, 0.717) is 12.8 Å². The fourth-order valence-electron chi connectivity index (χ4n) is 1.87. The predicted octanol–water partition coefficient (Wildman–Crippen LogP) is 2.68. The molecule has 5 nitrogen and oxygen atoms in total. The van der Waals surface area contributed by atoms with Crippen LogP contribution in [0.25, 0.3) is 0 Å². The Balaban J connectivity index is 2.72. The van der Waals surface area contributed by atoms with E-state index in [1.54, 1.807) is 0 Å². The van der Waals surface area contributed by atoms with Crippen LogP contribution in [0.5, 0.6) is 0 Å². The van der Waals surface area contributed by atoms with Crippen molar-refractivity contribution in [2.75, 3.05) is 5.32 Å². The van der Waals surface area contributed by atoms with Gasteiger partial charge in [0.15, 0.2) is 0 Å². The molecule has 104 valence electrons. The zero-order valence-corrected chi connectivity index (χ0v) is 11.5. The van der Waals surface area contributed by atoms with Crippen molar-refractivity contribution >= 4 is 17.7 Å². The van der Waals surface area contributed by atoms with E-state index in [-0.39, 0.29) is 0 Å². The van der Waals surface area contributed by atoms with Crippen LogP contribution < -0.4 is 10.6 Å². The number of rotatable bonds is 5. The van der Waals surface area contributed by atoms with Crippen molar-refractivity contribution in [2.45, 2.75) is 39.7 Å². The van der Waals surface area contributed by atoms with Gasteiger partial charge in [0, 0.05) is 5.69 Å². The number of urea groups is 1. The first-order valence-electron chi connectivity index (χ1n) is 6.32. The number of carbonyl (C=O) groups excluding carboxylic acids is 1. The minimum Gasteiger partial charge on any atom is -0.480 e. The Bertz CT molecular complexity index is 452. The summed E-state index contributed by atoms with van der Waals surface area (Å²) < 4.78 is 0. The fraction of sp³-hybridized carbons (Fsp3) is 0.429. The number of amides is 2. The molecule has 0 aliphatic heterocycles. The standard InChI is InChI=1S/C14H20N2O3/c1-4-6-11(13(17)18)15-14(19)16-12-9(2)7-5-8-10(12)3/h5,7-8,11H,4,6H2,1-3H3,(H,17,18)(H2,15,16,19)/t11-/m1/s1. The maximum absolute atomic E-state index is 11.8. The highest BCUT2D eigenvalue weighted by molar-refractivity contribution is 5.93. The lowest BCUT2D eigenvalue weighted by atomic mass is 10.1. The summed E-state index contributed by atoms with van der Waals surface area (Å²) in [5, 5.41) is 14.2. The highest BCUT2D eigenvalue weighted by Crippen LogP contribution is 2.19. The Morgan fingerprint density at radius 1 is 1.26 bits per heavy atom. The topological polar surface area (TPSA) is 78.4 Å². The lowest BCUT2D eigenvalue weighted by molar-refractivity contribution is -0.139. The smallest absolute Gasteiger partial charge is 0.326 e. The number of carboxylic acid groups (broad SMARTS) is 1. The second-order valence-corrected chi connectivity index (χ2v) is 4.54. The molecule has 0 aliphatic carbocycles. The van der Waals surface area contributed by atoms with Crippen LogP contribution in [-0.4, -0.2) is 23.1 Å². The summed E-state index contributed by atoms with van der Waals surface area (Å²) in [6.07, 6.45) is 1.11. The van der Waals surface area contributed by atoms with Crippen molar-refractivity contribution in [1.82, 2.24) is 5.32 Å². The molecule has 0 saturated heterocycles. The van der Waals surface area contributed by atoms with Gasteiger partial charge in [-0.1, -0.05) is 31.5 Å². The van der Waals surface area contributed by atoms with Crippen molar-refractivity contribution in [2.24, 2.45) is 0 Å². The minimum atomic E-state index is -1.02. The van der Waals surface area contributed by atoms with Gasteiger partial charge in [-0.3, -0.25) is 0 Å². The first-order chi connectivity index (χ1) is 8.95. The maximum Gasteiger partial charge on any atom is 0.326 e. The van der Waals surface area contributed by atoms with Gasteiger partial charge in [-0.25, -0.2) is 9.59 Å². The molecular weight excluding hydrogens is 244 g/mol. The van der Waals surface area contributed by atoms with Crippen LogP contribution in [0.2, 0.25) is 0 Å². The fourth-order valence-corrected chi connectivity index (χ4v) is 1.87. The largest absolute Gasteiger partial charge is 0.480 e. The van der Waals surface area contributed by atoms with E-state index in [0.717, 1.165) is 16.8 Å². The van der Waals surface area contributed by atoms with E-state index in [1.165, 1.54) is 0 Å². The van der Waals surface area contributed by atoms with E-state index in [4.69, 9.17) is 5.11 Å². The number of carbonyl (C=O) groups is 2. The average molecular weight is 264 g/mol. The number of anilines is 1. The first kappa shape index (κ1) is 15.0. The Hall–Kier alpha value is -2.04. The Morgan fingerprint density at radius 2 is 1.84 bits per heavy atom. The second-order valence-electron chi connectivity index (χ2n) is 4.54. The summed E-state index contributed by atoms with van der Waals surface area (Å²) in [4.78, 5) is 22.8. The molecule has 0 aromatic heterocycles. The molecule has 1 aromatic carbocycles. The van der Waals surface area contributed by atoms with Gasteiger partial charge < -0.3 is 15.7 Å². The summed E-state index contributed by atoms with van der Waals surface area (Å²) >= 11 is 0.